The zero-order chi connectivity index (χ0) is 14.2. The maximum absolute atomic E-state index is 12.0. The number of carbonyl (C=O) groups excluding carboxylic acids is 1. The van der Waals surface area contributed by atoms with Gasteiger partial charge in [0.2, 0.25) is 0 Å². The van der Waals surface area contributed by atoms with E-state index in [4.69, 9.17) is 0 Å². The van der Waals surface area contributed by atoms with Gasteiger partial charge in [-0.2, -0.15) is 0 Å². The Morgan fingerprint density at radius 2 is 2.10 bits per heavy atom. The number of amides is 1. The van der Waals surface area contributed by atoms with Crippen molar-refractivity contribution in [2.24, 2.45) is 0 Å². The minimum atomic E-state index is -0.245. The summed E-state index contributed by atoms with van der Waals surface area (Å²) >= 11 is 0. The highest BCUT2D eigenvalue weighted by Gasteiger charge is 2.08. The number of hydrogen-bond acceptors (Lipinski definition) is 5. The van der Waals surface area contributed by atoms with Crippen molar-refractivity contribution >= 4 is 11.7 Å². The van der Waals surface area contributed by atoms with E-state index in [2.05, 4.69) is 32.2 Å². The van der Waals surface area contributed by atoms with Gasteiger partial charge in [0.1, 0.15) is 17.8 Å². The standard InChI is InChI=1S/C14H15N5O/c1-2-5-16-13-8-12(18-10-19-13)14(20)17-9-11-3-6-15-7-4-11/h2-4,6-8,10H,1,5,9H2,(H,17,20)(H,16,18,19). The zero-order valence-electron chi connectivity index (χ0n) is 10.9. The molecule has 0 unspecified atom stereocenters. The summed E-state index contributed by atoms with van der Waals surface area (Å²) in [4.78, 5) is 23.9. The summed E-state index contributed by atoms with van der Waals surface area (Å²) in [6.45, 7) is 4.62. The smallest absolute Gasteiger partial charge is 0.270 e. The highest BCUT2D eigenvalue weighted by molar-refractivity contribution is 5.92. The van der Waals surface area contributed by atoms with Crippen LogP contribution in [0.4, 0.5) is 5.82 Å². The molecule has 2 rings (SSSR count). The van der Waals surface area contributed by atoms with E-state index < -0.39 is 0 Å². The van der Waals surface area contributed by atoms with E-state index in [0.717, 1.165) is 5.56 Å². The van der Waals surface area contributed by atoms with E-state index in [1.807, 2.05) is 12.1 Å². The molecule has 0 fully saturated rings. The molecule has 0 saturated heterocycles. The van der Waals surface area contributed by atoms with Crippen molar-refractivity contribution in [2.45, 2.75) is 6.54 Å². The fraction of sp³-hybridized carbons (Fsp3) is 0.143. The molecule has 0 aliphatic heterocycles. The van der Waals surface area contributed by atoms with Crippen LogP contribution in [0.2, 0.25) is 0 Å². The lowest BCUT2D eigenvalue weighted by molar-refractivity contribution is 0.0946. The first-order chi connectivity index (χ1) is 9.79. The van der Waals surface area contributed by atoms with Gasteiger partial charge in [-0.15, -0.1) is 6.58 Å². The molecule has 0 atom stereocenters. The van der Waals surface area contributed by atoms with Crippen molar-refractivity contribution in [2.75, 3.05) is 11.9 Å². The Kier molecular flexibility index (Phi) is 4.77. The molecule has 0 bridgehead atoms. The Labute approximate surface area is 117 Å². The van der Waals surface area contributed by atoms with Crippen LogP contribution in [0.5, 0.6) is 0 Å². The van der Waals surface area contributed by atoms with Crippen LogP contribution in [0.3, 0.4) is 0 Å². The van der Waals surface area contributed by atoms with Crippen molar-refractivity contribution in [3.05, 3.63) is 60.8 Å². The lowest BCUT2D eigenvalue weighted by atomic mass is 10.2. The lowest BCUT2D eigenvalue weighted by Crippen LogP contribution is -2.24. The van der Waals surface area contributed by atoms with Gasteiger partial charge in [0, 0.05) is 31.5 Å². The summed E-state index contributed by atoms with van der Waals surface area (Å²) in [5, 5.41) is 5.80. The molecule has 6 heteroatoms. The molecule has 2 N–H and O–H groups in total. The van der Waals surface area contributed by atoms with Crippen LogP contribution >= 0.6 is 0 Å². The van der Waals surface area contributed by atoms with Crippen LogP contribution in [-0.4, -0.2) is 27.4 Å². The Balaban J connectivity index is 1.96. The van der Waals surface area contributed by atoms with E-state index in [1.165, 1.54) is 6.33 Å². The first-order valence-electron chi connectivity index (χ1n) is 6.13. The summed E-state index contributed by atoms with van der Waals surface area (Å²) in [5.74, 6) is 0.347. The number of hydrogen-bond donors (Lipinski definition) is 2. The Hall–Kier alpha value is -2.76. The van der Waals surface area contributed by atoms with E-state index in [-0.39, 0.29) is 5.91 Å². The molecule has 2 heterocycles. The van der Waals surface area contributed by atoms with Gasteiger partial charge in [0.25, 0.3) is 5.91 Å². The van der Waals surface area contributed by atoms with Gasteiger partial charge in [-0.25, -0.2) is 9.97 Å². The highest BCUT2D eigenvalue weighted by atomic mass is 16.1. The van der Waals surface area contributed by atoms with E-state index in [0.29, 0.717) is 24.6 Å². The number of nitrogens with one attached hydrogen (secondary N) is 2. The lowest BCUT2D eigenvalue weighted by Gasteiger charge is -2.06. The average Bonchev–Trinajstić information content (AvgIpc) is 2.52. The molecule has 1 amide bonds. The molecule has 0 spiro atoms. The molecule has 102 valence electrons. The van der Waals surface area contributed by atoms with Crippen LogP contribution in [0.1, 0.15) is 16.1 Å². The largest absolute Gasteiger partial charge is 0.366 e. The van der Waals surface area contributed by atoms with Crippen LogP contribution in [0, 0.1) is 0 Å². The minimum Gasteiger partial charge on any atom is -0.366 e. The summed E-state index contributed by atoms with van der Waals surface area (Å²) in [6.07, 6.45) is 6.44. The first kappa shape index (κ1) is 13.7. The monoisotopic (exact) mass is 269 g/mol. The van der Waals surface area contributed by atoms with Crippen LogP contribution in [-0.2, 0) is 6.54 Å². The molecule has 20 heavy (non-hydrogen) atoms. The molecule has 0 aromatic carbocycles. The van der Waals surface area contributed by atoms with Crippen molar-refractivity contribution < 1.29 is 4.79 Å². The molecule has 0 saturated carbocycles. The van der Waals surface area contributed by atoms with E-state index >= 15 is 0 Å². The second-order valence-corrected chi connectivity index (χ2v) is 4.00. The van der Waals surface area contributed by atoms with E-state index in [9.17, 15) is 4.79 Å². The fourth-order valence-electron chi connectivity index (χ4n) is 1.53. The maximum Gasteiger partial charge on any atom is 0.270 e. The summed E-state index contributed by atoms with van der Waals surface area (Å²) < 4.78 is 0. The second-order valence-electron chi connectivity index (χ2n) is 4.00. The number of rotatable bonds is 6. The molecule has 2 aromatic heterocycles. The Bertz CT molecular complexity index is 585. The van der Waals surface area contributed by atoms with Crippen LogP contribution < -0.4 is 10.6 Å². The van der Waals surface area contributed by atoms with Crippen LogP contribution in [0.15, 0.2) is 49.6 Å². The van der Waals surface area contributed by atoms with Gasteiger partial charge >= 0.3 is 0 Å². The maximum atomic E-state index is 12.0. The summed E-state index contributed by atoms with van der Waals surface area (Å²) in [6, 6.07) is 5.29. The molecular formula is C14H15N5O. The summed E-state index contributed by atoms with van der Waals surface area (Å²) in [5.41, 5.74) is 1.30. The van der Waals surface area contributed by atoms with Gasteiger partial charge < -0.3 is 10.6 Å². The van der Waals surface area contributed by atoms with Crippen LogP contribution in [0.25, 0.3) is 0 Å². The third kappa shape index (κ3) is 3.88. The van der Waals surface area contributed by atoms with Crippen molar-refractivity contribution in [3.8, 4) is 0 Å². The first-order valence-corrected chi connectivity index (χ1v) is 6.13. The third-order valence-corrected chi connectivity index (χ3v) is 2.53. The topological polar surface area (TPSA) is 79.8 Å². The normalized spacial score (nSPS) is 9.80. The molecule has 0 aliphatic carbocycles. The number of nitrogens with zero attached hydrogens (tertiary/aromatic N) is 3. The average molecular weight is 269 g/mol. The molecule has 0 radical (unpaired) electrons. The zero-order valence-corrected chi connectivity index (χ0v) is 10.9. The van der Waals surface area contributed by atoms with Crippen molar-refractivity contribution in [1.29, 1.82) is 0 Å². The second kappa shape index (κ2) is 6.98. The predicted octanol–water partition coefficient (Wildman–Crippen LogP) is 1.40. The van der Waals surface area contributed by atoms with Crippen molar-refractivity contribution in [3.63, 3.8) is 0 Å². The third-order valence-electron chi connectivity index (χ3n) is 2.53. The number of carbonyl (C=O) groups is 1. The molecular weight excluding hydrogens is 254 g/mol. The van der Waals surface area contributed by atoms with Gasteiger partial charge in [0.05, 0.1) is 0 Å². The number of pyridine rings is 1. The quantitative estimate of drug-likeness (QED) is 0.775. The van der Waals surface area contributed by atoms with Gasteiger partial charge in [-0.3, -0.25) is 9.78 Å². The number of anilines is 1. The molecule has 6 nitrogen and oxygen atoms in total. The van der Waals surface area contributed by atoms with Gasteiger partial charge in [-0.05, 0) is 17.7 Å². The van der Waals surface area contributed by atoms with Crippen molar-refractivity contribution in [1.82, 2.24) is 20.3 Å². The van der Waals surface area contributed by atoms with Gasteiger partial charge in [0.15, 0.2) is 0 Å². The fourth-order valence-corrected chi connectivity index (χ4v) is 1.53. The Morgan fingerprint density at radius 3 is 2.85 bits per heavy atom. The summed E-state index contributed by atoms with van der Waals surface area (Å²) in [7, 11) is 0. The Morgan fingerprint density at radius 1 is 1.30 bits per heavy atom. The SMILES string of the molecule is C=CCNc1cc(C(=O)NCc2ccncc2)ncn1. The number of aromatic nitrogens is 3. The minimum absolute atomic E-state index is 0.245. The van der Waals surface area contributed by atoms with Gasteiger partial charge in [-0.1, -0.05) is 6.08 Å². The highest BCUT2D eigenvalue weighted by Crippen LogP contribution is 2.04. The molecule has 0 aliphatic rings. The molecule has 2 aromatic rings. The van der Waals surface area contributed by atoms with E-state index in [1.54, 1.807) is 24.5 Å². The predicted molar refractivity (Wildman–Crippen MR) is 76.1 cm³/mol.